The Balaban J connectivity index is 2.82. The van der Waals surface area contributed by atoms with Gasteiger partial charge >= 0.3 is 5.97 Å². The lowest BCUT2D eigenvalue weighted by Crippen LogP contribution is -2.32. The highest BCUT2D eigenvalue weighted by Gasteiger charge is 2.13. The molecule has 1 atom stereocenters. The zero-order valence-corrected chi connectivity index (χ0v) is 10.4. The molecule has 0 spiro atoms. The topological polar surface area (TPSA) is 72.5 Å². The summed E-state index contributed by atoms with van der Waals surface area (Å²) in [5.41, 5.74) is 6.38. The van der Waals surface area contributed by atoms with Crippen molar-refractivity contribution in [3.05, 3.63) is 27.3 Å². The van der Waals surface area contributed by atoms with Gasteiger partial charge in [0, 0.05) is 3.57 Å². The first kappa shape index (κ1) is 12.3. The highest BCUT2D eigenvalue weighted by molar-refractivity contribution is 14.1. The molecule has 15 heavy (non-hydrogen) atoms. The van der Waals surface area contributed by atoms with Gasteiger partial charge in [-0.3, -0.25) is 4.79 Å². The average molecular weight is 321 g/mol. The fourth-order valence-corrected chi connectivity index (χ4v) is 1.85. The molecule has 0 heterocycles. The van der Waals surface area contributed by atoms with E-state index < -0.39 is 12.0 Å². The largest absolute Gasteiger partial charge is 0.497 e. The number of aliphatic carboxylic acids is 1. The van der Waals surface area contributed by atoms with E-state index in [0.717, 1.165) is 14.9 Å². The summed E-state index contributed by atoms with van der Waals surface area (Å²) >= 11 is 2.14. The first-order chi connectivity index (χ1) is 7.04. The molecule has 1 rings (SSSR count). The quantitative estimate of drug-likeness (QED) is 0.819. The van der Waals surface area contributed by atoms with Crippen molar-refractivity contribution in [3.8, 4) is 5.75 Å². The highest BCUT2D eigenvalue weighted by Crippen LogP contribution is 2.20. The Hall–Kier alpha value is -0.820. The van der Waals surface area contributed by atoms with Crippen LogP contribution in [0.25, 0.3) is 0 Å². The number of benzene rings is 1. The maximum Gasteiger partial charge on any atom is 0.320 e. The Morgan fingerprint density at radius 2 is 2.33 bits per heavy atom. The molecular weight excluding hydrogens is 309 g/mol. The van der Waals surface area contributed by atoms with E-state index >= 15 is 0 Å². The molecule has 0 fully saturated rings. The van der Waals surface area contributed by atoms with Gasteiger partial charge < -0.3 is 15.6 Å². The van der Waals surface area contributed by atoms with Gasteiger partial charge in [-0.2, -0.15) is 0 Å². The normalized spacial score (nSPS) is 12.2. The summed E-state index contributed by atoms with van der Waals surface area (Å²) in [6.07, 6.45) is 0.331. The molecule has 0 saturated heterocycles. The minimum Gasteiger partial charge on any atom is -0.497 e. The van der Waals surface area contributed by atoms with Gasteiger partial charge in [0.15, 0.2) is 0 Å². The van der Waals surface area contributed by atoms with E-state index in [9.17, 15) is 4.79 Å². The molecule has 0 radical (unpaired) electrons. The van der Waals surface area contributed by atoms with Crippen molar-refractivity contribution in [1.82, 2.24) is 0 Å². The van der Waals surface area contributed by atoms with E-state index in [2.05, 4.69) is 22.6 Å². The number of carboxylic acid groups (broad SMARTS) is 1. The van der Waals surface area contributed by atoms with Crippen LogP contribution in [0.2, 0.25) is 0 Å². The summed E-state index contributed by atoms with van der Waals surface area (Å²) in [6.45, 7) is 0. The second-order valence-electron chi connectivity index (χ2n) is 3.11. The van der Waals surface area contributed by atoms with Crippen LogP contribution in [0, 0.1) is 3.57 Å². The fraction of sp³-hybridized carbons (Fsp3) is 0.300. The predicted octanol–water partition coefficient (Wildman–Crippen LogP) is 1.25. The van der Waals surface area contributed by atoms with Crippen molar-refractivity contribution in [3.63, 3.8) is 0 Å². The van der Waals surface area contributed by atoms with Crippen molar-refractivity contribution in [2.45, 2.75) is 12.5 Å². The van der Waals surface area contributed by atoms with Crippen LogP contribution < -0.4 is 10.5 Å². The molecule has 4 nitrogen and oxygen atoms in total. The fourth-order valence-electron chi connectivity index (χ4n) is 1.14. The van der Waals surface area contributed by atoms with Crippen LogP contribution >= 0.6 is 22.6 Å². The van der Waals surface area contributed by atoms with Crippen LogP contribution in [-0.2, 0) is 11.2 Å². The second-order valence-corrected chi connectivity index (χ2v) is 4.27. The van der Waals surface area contributed by atoms with E-state index in [4.69, 9.17) is 15.6 Å². The summed E-state index contributed by atoms with van der Waals surface area (Å²) < 4.78 is 6.01. The summed E-state index contributed by atoms with van der Waals surface area (Å²) in [7, 11) is 1.59. The standard InChI is InChI=1S/C10H12INO3/c1-15-7-3-2-6(8(11)5-7)4-9(12)10(13)14/h2-3,5,9H,4,12H2,1H3,(H,13,14). The number of halogens is 1. The van der Waals surface area contributed by atoms with Crippen LogP contribution in [0.4, 0.5) is 0 Å². The smallest absolute Gasteiger partial charge is 0.320 e. The summed E-state index contributed by atoms with van der Waals surface area (Å²) in [4.78, 5) is 10.6. The van der Waals surface area contributed by atoms with Crippen molar-refractivity contribution in [1.29, 1.82) is 0 Å². The number of hydrogen-bond donors (Lipinski definition) is 2. The van der Waals surface area contributed by atoms with Crippen molar-refractivity contribution in [2.24, 2.45) is 5.73 Å². The van der Waals surface area contributed by atoms with Crippen molar-refractivity contribution in [2.75, 3.05) is 7.11 Å². The van der Waals surface area contributed by atoms with Gasteiger partial charge in [-0.25, -0.2) is 0 Å². The molecule has 5 heteroatoms. The first-order valence-corrected chi connectivity index (χ1v) is 5.43. The monoisotopic (exact) mass is 321 g/mol. The predicted molar refractivity (Wildman–Crippen MR) is 65.0 cm³/mol. The molecule has 0 amide bonds. The molecular formula is C10H12INO3. The summed E-state index contributed by atoms with van der Waals surface area (Å²) in [6, 6.07) is 4.63. The molecule has 0 bridgehead atoms. The minimum absolute atomic E-state index is 0.331. The molecule has 0 aromatic heterocycles. The SMILES string of the molecule is COc1ccc(CC(N)C(=O)O)c(I)c1. The van der Waals surface area contributed by atoms with Crippen LogP contribution in [0.5, 0.6) is 5.75 Å². The number of nitrogens with two attached hydrogens (primary N) is 1. The Labute approximate surface area is 102 Å². The van der Waals surface area contributed by atoms with Gasteiger partial charge in [-0.15, -0.1) is 0 Å². The maximum absolute atomic E-state index is 10.6. The number of ether oxygens (including phenoxy) is 1. The molecule has 0 aliphatic rings. The van der Waals surface area contributed by atoms with E-state index in [1.807, 2.05) is 12.1 Å². The first-order valence-electron chi connectivity index (χ1n) is 4.35. The lowest BCUT2D eigenvalue weighted by Gasteiger charge is -2.09. The second kappa shape index (κ2) is 5.32. The Bertz CT molecular complexity index is 368. The van der Waals surface area contributed by atoms with E-state index in [0.29, 0.717) is 6.42 Å². The Morgan fingerprint density at radius 3 is 2.80 bits per heavy atom. The lowest BCUT2D eigenvalue weighted by molar-refractivity contribution is -0.138. The van der Waals surface area contributed by atoms with Gasteiger partial charge in [0.25, 0.3) is 0 Å². The molecule has 3 N–H and O–H groups in total. The molecule has 1 unspecified atom stereocenters. The van der Waals surface area contributed by atoms with Gasteiger partial charge in [0.1, 0.15) is 11.8 Å². The Kier molecular flexibility index (Phi) is 4.34. The molecule has 1 aromatic rings. The molecule has 0 aliphatic carbocycles. The Morgan fingerprint density at radius 1 is 1.67 bits per heavy atom. The van der Waals surface area contributed by atoms with Crippen LogP contribution in [0.3, 0.4) is 0 Å². The van der Waals surface area contributed by atoms with Gasteiger partial charge in [0.2, 0.25) is 0 Å². The lowest BCUT2D eigenvalue weighted by atomic mass is 10.1. The van der Waals surface area contributed by atoms with E-state index in [1.54, 1.807) is 13.2 Å². The molecule has 0 saturated carbocycles. The minimum atomic E-state index is -0.985. The van der Waals surface area contributed by atoms with Crippen LogP contribution in [0.1, 0.15) is 5.56 Å². The zero-order chi connectivity index (χ0) is 11.4. The number of rotatable bonds is 4. The molecule has 0 aliphatic heterocycles. The van der Waals surface area contributed by atoms with E-state index in [1.165, 1.54) is 0 Å². The van der Waals surface area contributed by atoms with Gasteiger partial charge in [-0.1, -0.05) is 6.07 Å². The zero-order valence-electron chi connectivity index (χ0n) is 8.24. The van der Waals surface area contributed by atoms with Gasteiger partial charge in [0.05, 0.1) is 7.11 Å². The third kappa shape index (κ3) is 3.35. The third-order valence-corrected chi connectivity index (χ3v) is 3.02. The number of carboxylic acids is 1. The van der Waals surface area contributed by atoms with Crippen LogP contribution in [0.15, 0.2) is 18.2 Å². The highest BCUT2D eigenvalue weighted by atomic mass is 127. The third-order valence-electron chi connectivity index (χ3n) is 2.02. The number of hydrogen-bond acceptors (Lipinski definition) is 3. The molecule has 82 valence electrons. The number of methoxy groups -OCH3 is 1. The average Bonchev–Trinajstić information content (AvgIpc) is 2.20. The van der Waals surface area contributed by atoms with E-state index in [-0.39, 0.29) is 0 Å². The van der Waals surface area contributed by atoms with Crippen molar-refractivity contribution < 1.29 is 14.6 Å². The molecule has 1 aromatic carbocycles. The summed E-state index contributed by atoms with van der Waals surface area (Å²) in [5, 5.41) is 8.68. The van der Waals surface area contributed by atoms with Gasteiger partial charge in [-0.05, 0) is 46.7 Å². The number of carbonyl (C=O) groups is 1. The van der Waals surface area contributed by atoms with Crippen LogP contribution in [-0.4, -0.2) is 24.2 Å². The summed E-state index contributed by atoms with van der Waals surface area (Å²) in [5.74, 6) is -0.228. The van der Waals surface area contributed by atoms with Crippen molar-refractivity contribution >= 4 is 28.6 Å². The maximum atomic E-state index is 10.6.